The van der Waals surface area contributed by atoms with Gasteiger partial charge in [0.1, 0.15) is 18.2 Å². The molecule has 0 unspecified atom stereocenters. The third-order valence-corrected chi connectivity index (χ3v) is 6.49. The standard InChI is InChI=1S/C20H20BrN3O3S/c1-12(20-23-14-5-3-4-6-18(14)28-20)24(2)11-19(25)22-15-10-17-16(9-13(15)21)26-7-8-27-17/h3-6,9-10,12H,7-8,11H2,1-2H3,(H,22,25)/t12-/m0/s1. The predicted octanol–water partition coefficient (Wildman–Crippen LogP) is 4.46. The third-order valence-electron chi connectivity index (χ3n) is 4.63. The van der Waals surface area contributed by atoms with Gasteiger partial charge in [0.2, 0.25) is 5.91 Å². The number of aromatic nitrogens is 1. The number of carbonyl (C=O) groups excluding carboxylic acids is 1. The molecule has 0 bridgehead atoms. The highest BCUT2D eigenvalue weighted by Crippen LogP contribution is 2.38. The summed E-state index contributed by atoms with van der Waals surface area (Å²) >= 11 is 5.14. The Morgan fingerprint density at radius 2 is 2.00 bits per heavy atom. The molecule has 0 aliphatic carbocycles. The topological polar surface area (TPSA) is 63.7 Å². The van der Waals surface area contributed by atoms with Gasteiger partial charge in [-0.1, -0.05) is 12.1 Å². The van der Waals surface area contributed by atoms with Crippen molar-refractivity contribution in [2.45, 2.75) is 13.0 Å². The van der Waals surface area contributed by atoms with E-state index < -0.39 is 0 Å². The van der Waals surface area contributed by atoms with E-state index in [-0.39, 0.29) is 18.5 Å². The molecule has 0 saturated carbocycles. The fourth-order valence-electron chi connectivity index (χ4n) is 2.97. The van der Waals surface area contributed by atoms with Crippen LogP contribution in [0.25, 0.3) is 10.2 Å². The second kappa shape index (κ2) is 8.06. The van der Waals surface area contributed by atoms with Crippen LogP contribution < -0.4 is 14.8 Å². The third kappa shape index (κ3) is 3.99. The van der Waals surface area contributed by atoms with Crippen molar-refractivity contribution in [1.82, 2.24) is 9.88 Å². The van der Waals surface area contributed by atoms with E-state index in [9.17, 15) is 4.79 Å². The van der Waals surface area contributed by atoms with Crippen molar-refractivity contribution in [3.05, 3.63) is 45.9 Å². The molecule has 1 aliphatic heterocycles. The summed E-state index contributed by atoms with van der Waals surface area (Å²) in [6.45, 7) is 3.34. The van der Waals surface area contributed by atoms with Crippen LogP contribution >= 0.6 is 27.3 Å². The van der Waals surface area contributed by atoms with Gasteiger partial charge in [-0.15, -0.1) is 11.3 Å². The number of hydrogen-bond donors (Lipinski definition) is 1. The van der Waals surface area contributed by atoms with Gasteiger partial charge >= 0.3 is 0 Å². The molecular weight excluding hydrogens is 442 g/mol. The number of thiazole rings is 1. The summed E-state index contributed by atoms with van der Waals surface area (Å²) in [5.41, 5.74) is 1.66. The summed E-state index contributed by atoms with van der Waals surface area (Å²) < 4.78 is 13.1. The molecule has 1 atom stereocenters. The molecule has 1 aliphatic rings. The highest BCUT2D eigenvalue weighted by Gasteiger charge is 2.20. The first kappa shape index (κ1) is 19.2. The van der Waals surface area contributed by atoms with Gasteiger partial charge < -0.3 is 14.8 Å². The molecule has 1 aromatic heterocycles. The molecule has 0 saturated heterocycles. The van der Waals surface area contributed by atoms with Gasteiger partial charge in [-0.25, -0.2) is 4.98 Å². The number of fused-ring (bicyclic) bond motifs is 2. The summed E-state index contributed by atoms with van der Waals surface area (Å²) in [6.07, 6.45) is 0. The molecule has 0 fully saturated rings. The molecule has 0 radical (unpaired) electrons. The van der Waals surface area contributed by atoms with Crippen molar-refractivity contribution < 1.29 is 14.3 Å². The molecule has 2 aromatic carbocycles. The number of hydrogen-bond acceptors (Lipinski definition) is 6. The van der Waals surface area contributed by atoms with E-state index in [0.717, 1.165) is 19.7 Å². The zero-order chi connectivity index (χ0) is 19.7. The van der Waals surface area contributed by atoms with Crippen molar-refractivity contribution >= 4 is 49.1 Å². The van der Waals surface area contributed by atoms with Crippen LogP contribution in [-0.2, 0) is 4.79 Å². The highest BCUT2D eigenvalue weighted by atomic mass is 79.9. The fraction of sp³-hybridized carbons (Fsp3) is 0.300. The van der Waals surface area contributed by atoms with Crippen molar-refractivity contribution in [1.29, 1.82) is 0 Å². The number of nitrogens with one attached hydrogen (secondary N) is 1. The number of nitrogens with zero attached hydrogens (tertiary/aromatic N) is 2. The van der Waals surface area contributed by atoms with Gasteiger partial charge in [-0.2, -0.15) is 0 Å². The zero-order valence-corrected chi connectivity index (χ0v) is 18.0. The first-order chi connectivity index (χ1) is 13.5. The van der Waals surface area contributed by atoms with Gasteiger partial charge in [0.05, 0.1) is 28.5 Å². The van der Waals surface area contributed by atoms with Crippen LogP contribution in [0.15, 0.2) is 40.9 Å². The van der Waals surface area contributed by atoms with Crippen molar-refractivity contribution in [3.8, 4) is 11.5 Å². The van der Waals surface area contributed by atoms with Crippen LogP contribution in [0, 0.1) is 0 Å². The van der Waals surface area contributed by atoms with Crippen LogP contribution in [0.3, 0.4) is 0 Å². The number of para-hydroxylation sites is 1. The minimum atomic E-state index is -0.104. The summed E-state index contributed by atoms with van der Waals surface area (Å²) in [6, 6.07) is 11.7. The maximum absolute atomic E-state index is 12.6. The molecule has 1 N–H and O–H groups in total. The number of carbonyl (C=O) groups is 1. The summed E-state index contributed by atoms with van der Waals surface area (Å²) in [5.74, 6) is 1.21. The quantitative estimate of drug-likeness (QED) is 0.607. The number of rotatable bonds is 5. The van der Waals surface area contributed by atoms with Crippen LogP contribution in [0.1, 0.15) is 18.0 Å². The lowest BCUT2D eigenvalue weighted by Crippen LogP contribution is -2.32. The molecule has 1 amide bonds. The monoisotopic (exact) mass is 461 g/mol. The van der Waals surface area contributed by atoms with Crippen molar-refractivity contribution in [3.63, 3.8) is 0 Å². The molecule has 8 heteroatoms. The Labute approximate surface area is 175 Å². The van der Waals surface area contributed by atoms with Gasteiger partial charge in [0.25, 0.3) is 0 Å². The minimum absolute atomic E-state index is 0.0341. The van der Waals surface area contributed by atoms with E-state index >= 15 is 0 Å². The van der Waals surface area contributed by atoms with Crippen LogP contribution in [-0.4, -0.2) is 42.6 Å². The summed E-state index contributed by atoms with van der Waals surface area (Å²) in [5, 5.41) is 3.94. The maximum Gasteiger partial charge on any atom is 0.238 e. The van der Waals surface area contributed by atoms with Crippen molar-refractivity contribution in [2.75, 3.05) is 32.1 Å². The minimum Gasteiger partial charge on any atom is -0.486 e. The highest BCUT2D eigenvalue weighted by molar-refractivity contribution is 9.10. The van der Waals surface area contributed by atoms with Crippen LogP contribution in [0.2, 0.25) is 0 Å². The number of halogens is 1. The Morgan fingerprint density at radius 3 is 2.75 bits per heavy atom. The Kier molecular flexibility index (Phi) is 5.52. The lowest BCUT2D eigenvalue weighted by Gasteiger charge is -2.23. The number of anilines is 1. The van der Waals surface area contributed by atoms with E-state index in [2.05, 4.69) is 34.2 Å². The molecule has 6 nitrogen and oxygen atoms in total. The summed E-state index contributed by atoms with van der Waals surface area (Å²) in [4.78, 5) is 19.3. The Hall–Kier alpha value is -2.16. The number of likely N-dealkylation sites (N-methyl/N-ethyl adjacent to an activating group) is 1. The van der Waals surface area contributed by atoms with E-state index in [1.54, 1.807) is 17.4 Å². The predicted molar refractivity (Wildman–Crippen MR) is 114 cm³/mol. The molecule has 3 aromatic rings. The molecule has 2 heterocycles. The second-order valence-corrected chi connectivity index (χ2v) is 8.55. The summed E-state index contributed by atoms with van der Waals surface area (Å²) in [7, 11) is 1.93. The van der Waals surface area contributed by atoms with Gasteiger partial charge in [-0.05, 0) is 42.0 Å². The maximum atomic E-state index is 12.6. The van der Waals surface area contributed by atoms with Gasteiger partial charge in [-0.3, -0.25) is 9.69 Å². The molecule has 146 valence electrons. The average molecular weight is 462 g/mol. The average Bonchev–Trinajstić information content (AvgIpc) is 3.12. The van der Waals surface area contributed by atoms with Crippen molar-refractivity contribution in [2.24, 2.45) is 0 Å². The molecule has 28 heavy (non-hydrogen) atoms. The smallest absolute Gasteiger partial charge is 0.238 e. The second-order valence-electron chi connectivity index (χ2n) is 6.63. The fourth-order valence-corrected chi connectivity index (χ4v) is 4.48. The lowest BCUT2D eigenvalue weighted by atomic mass is 10.2. The largest absolute Gasteiger partial charge is 0.486 e. The van der Waals surface area contributed by atoms with Gasteiger partial charge in [0, 0.05) is 16.6 Å². The van der Waals surface area contributed by atoms with Crippen LogP contribution in [0.5, 0.6) is 11.5 Å². The molecule has 4 rings (SSSR count). The van der Waals surface area contributed by atoms with E-state index in [1.807, 2.05) is 36.2 Å². The number of amides is 1. The van der Waals surface area contributed by atoms with E-state index in [4.69, 9.17) is 14.5 Å². The Balaban J connectivity index is 1.43. The van der Waals surface area contributed by atoms with E-state index in [0.29, 0.717) is 30.4 Å². The zero-order valence-electron chi connectivity index (χ0n) is 15.6. The lowest BCUT2D eigenvalue weighted by molar-refractivity contribution is -0.117. The Morgan fingerprint density at radius 1 is 1.29 bits per heavy atom. The molecule has 0 spiro atoms. The molecular formula is C20H20BrN3O3S. The van der Waals surface area contributed by atoms with Gasteiger partial charge in [0.15, 0.2) is 11.5 Å². The first-order valence-corrected chi connectivity index (χ1v) is 10.6. The number of ether oxygens (including phenoxy) is 2. The first-order valence-electron chi connectivity index (χ1n) is 8.96. The number of benzene rings is 2. The normalized spacial score (nSPS) is 14.3. The van der Waals surface area contributed by atoms with Crippen LogP contribution in [0.4, 0.5) is 5.69 Å². The Bertz CT molecular complexity index is 990. The van der Waals surface area contributed by atoms with E-state index in [1.165, 1.54) is 0 Å². The SMILES string of the molecule is C[C@@H](c1nc2ccccc2s1)N(C)CC(=O)Nc1cc2c(cc1Br)OCCO2.